The van der Waals surface area contributed by atoms with Crippen LogP contribution in [0.4, 0.5) is 26.3 Å². The molecule has 0 N–H and O–H groups in total. The first-order valence-electron chi connectivity index (χ1n) is 10.2. The quantitative estimate of drug-likeness (QED) is 0.208. The molecule has 4 rings (SSSR count). The molecule has 6 heteroatoms. The molecule has 0 aliphatic carbocycles. The van der Waals surface area contributed by atoms with Gasteiger partial charge in [-0.3, -0.25) is 0 Å². The van der Waals surface area contributed by atoms with E-state index in [4.69, 9.17) is 0 Å². The number of alkyl halides is 3. The summed E-state index contributed by atoms with van der Waals surface area (Å²) in [6, 6.07) is 13.7. The monoisotopic (exact) mass is 456 g/mol. The molecule has 0 aliphatic heterocycles. The van der Waals surface area contributed by atoms with Gasteiger partial charge in [-0.15, -0.1) is 6.58 Å². The second-order valence-corrected chi connectivity index (χ2v) is 7.70. The first kappa shape index (κ1) is 22.6. The molecule has 168 valence electrons. The standard InChI is InChI=1S/C27H18F6/c1-2-3-4-16-5-11-21-18(13-16)8-12-22(26(21)30)23-14-20(28)15-24(29)25(23)17-6-9-19(10-7-17)27(31,32)33/h2,5-15H,1,3-4H2. The maximum Gasteiger partial charge on any atom is 0.416 e. The zero-order valence-electron chi connectivity index (χ0n) is 17.3. The molecule has 0 unspecified atom stereocenters. The van der Waals surface area contributed by atoms with Gasteiger partial charge in [0.05, 0.1) is 5.56 Å². The number of hydrogen-bond acceptors (Lipinski definition) is 0. The predicted octanol–water partition coefficient (Wildman–Crippen LogP) is 8.73. The molecule has 0 nitrogen and oxygen atoms in total. The van der Waals surface area contributed by atoms with Gasteiger partial charge in [0.1, 0.15) is 17.5 Å². The van der Waals surface area contributed by atoms with Crippen LogP contribution in [0, 0.1) is 17.5 Å². The Hall–Kier alpha value is -3.54. The normalized spacial score (nSPS) is 11.7. The lowest BCUT2D eigenvalue weighted by Gasteiger charge is -2.15. The molecule has 0 aromatic heterocycles. The SMILES string of the molecule is C=CCCc1ccc2c(F)c(-c3cc(F)cc(F)c3-c3ccc(C(F)(F)F)cc3)ccc2c1. The van der Waals surface area contributed by atoms with Crippen LogP contribution in [0.5, 0.6) is 0 Å². The van der Waals surface area contributed by atoms with Crippen LogP contribution in [0.2, 0.25) is 0 Å². The van der Waals surface area contributed by atoms with Crippen molar-refractivity contribution in [1.82, 2.24) is 0 Å². The maximum atomic E-state index is 15.5. The van der Waals surface area contributed by atoms with Gasteiger partial charge >= 0.3 is 6.18 Å². The summed E-state index contributed by atoms with van der Waals surface area (Å²) in [5.41, 5.74) is -0.131. The van der Waals surface area contributed by atoms with Crippen molar-refractivity contribution in [2.24, 2.45) is 0 Å². The molecular formula is C27H18F6. The second-order valence-electron chi connectivity index (χ2n) is 7.70. The first-order chi connectivity index (χ1) is 15.7. The maximum absolute atomic E-state index is 15.5. The summed E-state index contributed by atoms with van der Waals surface area (Å²) in [5, 5.41) is 0.906. The summed E-state index contributed by atoms with van der Waals surface area (Å²) in [6.45, 7) is 3.68. The van der Waals surface area contributed by atoms with Crippen molar-refractivity contribution in [2.45, 2.75) is 19.0 Å². The molecule has 0 aliphatic rings. The Labute approximate surface area is 186 Å². The highest BCUT2D eigenvalue weighted by Crippen LogP contribution is 2.39. The van der Waals surface area contributed by atoms with E-state index in [2.05, 4.69) is 6.58 Å². The number of halogens is 6. The number of aryl methyl sites for hydroxylation is 1. The summed E-state index contributed by atoms with van der Waals surface area (Å²) in [5.74, 6) is -2.58. The lowest BCUT2D eigenvalue weighted by Crippen LogP contribution is -2.04. The van der Waals surface area contributed by atoms with E-state index in [0.29, 0.717) is 11.5 Å². The van der Waals surface area contributed by atoms with E-state index < -0.39 is 29.2 Å². The average molecular weight is 456 g/mol. The third kappa shape index (κ3) is 4.51. The smallest absolute Gasteiger partial charge is 0.207 e. The number of benzene rings is 4. The van der Waals surface area contributed by atoms with Crippen molar-refractivity contribution in [3.63, 3.8) is 0 Å². The fourth-order valence-electron chi connectivity index (χ4n) is 3.88. The molecule has 4 aromatic rings. The topological polar surface area (TPSA) is 0 Å². The third-order valence-corrected chi connectivity index (χ3v) is 5.50. The molecular weight excluding hydrogens is 438 g/mol. The molecule has 4 aromatic carbocycles. The van der Waals surface area contributed by atoms with Crippen molar-refractivity contribution in [2.75, 3.05) is 0 Å². The molecule has 0 radical (unpaired) electrons. The van der Waals surface area contributed by atoms with Crippen molar-refractivity contribution >= 4 is 10.8 Å². The van der Waals surface area contributed by atoms with E-state index in [1.54, 1.807) is 24.3 Å². The van der Waals surface area contributed by atoms with Crippen LogP contribution in [0.25, 0.3) is 33.0 Å². The zero-order chi connectivity index (χ0) is 23.8. The molecule has 0 heterocycles. The van der Waals surface area contributed by atoms with E-state index >= 15 is 4.39 Å². The lowest BCUT2D eigenvalue weighted by atomic mass is 9.91. The minimum Gasteiger partial charge on any atom is -0.207 e. The van der Waals surface area contributed by atoms with Gasteiger partial charge in [0.15, 0.2) is 0 Å². The van der Waals surface area contributed by atoms with Crippen LogP contribution in [-0.2, 0) is 12.6 Å². The highest BCUT2D eigenvalue weighted by molar-refractivity contribution is 5.92. The predicted molar refractivity (Wildman–Crippen MR) is 118 cm³/mol. The van der Waals surface area contributed by atoms with E-state index in [9.17, 15) is 22.0 Å². The number of allylic oxidation sites excluding steroid dienone is 1. The minimum atomic E-state index is -4.56. The van der Waals surface area contributed by atoms with Crippen LogP contribution < -0.4 is 0 Å². The van der Waals surface area contributed by atoms with Crippen LogP contribution in [-0.4, -0.2) is 0 Å². The molecule has 0 saturated heterocycles. The van der Waals surface area contributed by atoms with Crippen molar-refractivity contribution in [1.29, 1.82) is 0 Å². The van der Waals surface area contributed by atoms with Crippen LogP contribution >= 0.6 is 0 Å². The van der Waals surface area contributed by atoms with Gasteiger partial charge in [-0.1, -0.05) is 48.5 Å². The van der Waals surface area contributed by atoms with Gasteiger partial charge in [0, 0.05) is 22.6 Å². The van der Waals surface area contributed by atoms with E-state index in [-0.39, 0.29) is 27.6 Å². The van der Waals surface area contributed by atoms with E-state index in [1.807, 2.05) is 6.07 Å². The van der Waals surface area contributed by atoms with Crippen molar-refractivity contribution in [3.8, 4) is 22.3 Å². The zero-order valence-corrected chi connectivity index (χ0v) is 17.3. The van der Waals surface area contributed by atoms with Crippen molar-refractivity contribution in [3.05, 3.63) is 108 Å². The van der Waals surface area contributed by atoms with Gasteiger partial charge in [-0.2, -0.15) is 13.2 Å². The minimum absolute atomic E-state index is 0.0466. The van der Waals surface area contributed by atoms with Crippen LogP contribution in [0.15, 0.2) is 79.4 Å². The van der Waals surface area contributed by atoms with Gasteiger partial charge in [-0.25, -0.2) is 13.2 Å². The van der Waals surface area contributed by atoms with Gasteiger partial charge in [0.2, 0.25) is 0 Å². The number of hydrogen-bond donors (Lipinski definition) is 0. The Morgan fingerprint density at radius 2 is 1.52 bits per heavy atom. The molecule has 0 bridgehead atoms. The Morgan fingerprint density at radius 3 is 2.18 bits per heavy atom. The van der Waals surface area contributed by atoms with Crippen molar-refractivity contribution < 1.29 is 26.3 Å². The lowest BCUT2D eigenvalue weighted by molar-refractivity contribution is -0.137. The van der Waals surface area contributed by atoms with Gasteiger partial charge in [0.25, 0.3) is 0 Å². The Bertz CT molecular complexity index is 1330. The number of rotatable bonds is 5. The highest BCUT2D eigenvalue weighted by Gasteiger charge is 2.30. The summed E-state index contributed by atoms with van der Waals surface area (Å²) < 4.78 is 83.2. The number of fused-ring (bicyclic) bond motifs is 1. The van der Waals surface area contributed by atoms with E-state index in [0.717, 1.165) is 48.7 Å². The van der Waals surface area contributed by atoms with Crippen LogP contribution in [0.3, 0.4) is 0 Å². The van der Waals surface area contributed by atoms with Crippen LogP contribution in [0.1, 0.15) is 17.5 Å². The highest BCUT2D eigenvalue weighted by atomic mass is 19.4. The second kappa shape index (κ2) is 8.77. The summed E-state index contributed by atoms with van der Waals surface area (Å²) in [7, 11) is 0. The van der Waals surface area contributed by atoms with Gasteiger partial charge < -0.3 is 0 Å². The molecule has 0 amide bonds. The molecule has 0 saturated carbocycles. The third-order valence-electron chi connectivity index (χ3n) is 5.50. The van der Waals surface area contributed by atoms with Gasteiger partial charge in [-0.05, 0) is 53.1 Å². The fraction of sp³-hybridized carbons (Fsp3) is 0.111. The molecule has 0 fully saturated rings. The summed E-state index contributed by atoms with van der Waals surface area (Å²) >= 11 is 0. The summed E-state index contributed by atoms with van der Waals surface area (Å²) in [6.07, 6.45) is -1.26. The largest absolute Gasteiger partial charge is 0.416 e. The molecule has 0 atom stereocenters. The van der Waals surface area contributed by atoms with E-state index in [1.165, 1.54) is 6.07 Å². The fourth-order valence-corrected chi connectivity index (χ4v) is 3.88. The Balaban J connectivity index is 1.87. The molecule has 0 spiro atoms. The Morgan fingerprint density at radius 1 is 0.788 bits per heavy atom. The molecule has 33 heavy (non-hydrogen) atoms. The summed E-state index contributed by atoms with van der Waals surface area (Å²) in [4.78, 5) is 0. The average Bonchev–Trinajstić information content (AvgIpc) is 2.77. The Kier molecular flexibility index (Phi) is 6.02. The first-order valence-corrected chi connectivity index (χ1v) is 10.2.